The molecule has 0 N–H and O–H groups in total. The Hall–Kier alpha value is -2.71. The molecule has 36 heavy (non-hydrogen) atoms. The zero-order chi connectivity index (χ0) is 25.2. The second-order valence-corrected chi connectivity index (χ2v) is 10.9. The molecule has 4 unspecified atom stereocenters. The number of rotatable bonds is 9. The number of carbonyl (C=O) groups excluding carboxylic acids is 1. The van der Waals surface area contributed by atoms with Gasteiger partial charge in [0.2, 0.25) is 5.91 Å². The predicted octanol–water partition coefficient (Wildman–Crippen LogP) is 4.58. The third kappa shape index (κ3) is 5.81. The van der Waals surface area contributed by atoms with Crippen molar-refractivity contribution >= 4 is 11.9 Å². The van der Waals surface area contributed by atoms with Gasteiger partial charge in [-0.2, -0.15) is 4.98 Å². The molecule has 3 heterocycles. The average molecular weight is 503 g/mol. The van der Waals surface area contributed by atoms with Crippen molar-refractivity contribution in [1.29, 1.82) is 0 Å². The Labute approximate surface area is 211 Å². The van der Waals surface area contributed by atoms with Gasteiger partial charge in [0, 0.05) is 19.0 Å². The maximum absolute atomic E-state index is 13.3. The van der Waals surface area contributed by atoms with Gasteiger partial charge in [-0.25, -0.2) is 8.78 Å². The van der Waals surface area contributed by atoms with Gasteiger partial charge in [0.05, 0.1) is 26.1 Å². The summed E-state index contributed by atoms with van der Waals surface area (Å²) in [5, 5.41) is 4.08. The molecule has 2 aliphatic heterocycles. The molecule has 0 bridgehead atoms. The first-order chi connectivity index (χ1) is 17.4. The first kappa shape index (κ1) is 25.0. The lowest BCUT2D eigenvalue weighted by molar-refractivity contribution is -0.129. The molecule has 4 atom stereocenters. The number of hydrogen-bond acceptors (Lipinski definition) is 6. The van der Waals surface area contributed by atoms with Gasteiger partial charge in [-0.3, -0.25) is 4.79 Å². The maximum Gasteiger partial charge on any atom is 0.324 e. The highest BCUT2D eigenvalue weighted by molar-refractivity contribution is 5.79. The number of ether oxygens (including phenoxy) is 1. The summed E-state index contributed by atoms with van der Waals surface area (Å²) in [5.41, 5.74) is 0.819. The molecule has 1 aromatic heterocycles. The predicted molar refractivity (Wildman–Crippen MR) is 132 cm³/mol. The Balaban J connectivity index is 0.991. The van der Waals surface area contributed by atoms with Crippen LogP contribution in [0.3, 0.4) is 0 Å². The summed E-state index contributed by atoms with van der Waals surface area (Å²) in [7, 11) is 0. The molecule has 9 heteroatoms. The summed E-state index contributed by atoms with van der Waals surface area (Å²) in [6, 6.07) is 8.09. The van der Waals surface area contributed by atoms with E-state index in [1.807, 2.05) is 24.3 Å². The van der Waals surface area contributed by atoms with Crippen LogP contribution >= 0.6 is 0 Å². The van der Waals surface area contributed by atoms with Gasteiger partial charge in [0.15, 0.2) is 18.2 Å². The van der Waals surface area contributed by atoms with Crippen LogP contribution in [-0.2, 0) is 11.2 Å². The second-order valence-electron chi connectivity index (χ2n) is 10.9. The molecule has 0 radical (unpaired) electrons. The molecule has 1 aliphatic carbocycles. The van der Waals surface area contributed by atoms with Crippen LogP contribution in [0.25, 0.3) is 0 Å². The largest absolute Gasteiger partial charge is 0.494 e. The smallest absolute Gasteiger partial charge is 0.324 e. The molecule has 3 aliphatic rings. The lowest BCUT2D eigenvalue weighted by Gasteiger charge is -2.30. The van der Waals surface area contributed by atoms with Crippen LogP contribution in [0.1, 0.15) is 56.8 Å². The van der Waals surface area contributed by atoms with E-state index in [1.165, 1.54) is 11.3 Å². The number of carbonyl (C=O) groups is 1. The summed E-state index contributed by atoms with van der Waals surface area (Å²) < 4.78 is 38.1. The molecule has 5 rings (SSSR count). The molecule has 2 aromatic rings. The van der Waals surface area contributed by atoms with Crippen molar-refractivity contribution < 1.29 is 22.8 Å². The molecule has 1 amide bonds. The minimum atomic E-state index is -1.57. The van der Waals surface area contributed by atoms with Crippen molar-refractivity contribution in [3.63, 3.8) is 0 Å². The fourth-order valence-electron chi connectivity index (χ4n) is 5.53. The number of benzene rings is 1. The molecule has 196 valence electrons. The summed E-state index contributed by atoms with van der Waals surface area (Å²) in [6.07, 6.45) is 1.66. The summed E-state index contributed by atoms with van der Waals surface area (Å²) >= 11 is 0. The van der Waals surface area contributed by atoms with Gasteiger partial charge in [-0.05, 0) is 61.1 Å². The van der Waals surface area contributed by atoms with Crippen LogP contribution in [0.2, 0.25) is 0 Å². The van der Waals surface area contributed by atoms with Crippen molar-refractivity contribution in [3.05, 3.63) is 35.7 Å². The fraction of sp³-hybridized carbons (Fsp3) is 0.667. The number of alkyl halides is 2. The van der Waals surface area contributed by atoms with Crippen LogP contribution in [-0.4, -0.2) is 66.1 Å². The minimum absolute atomic E-state index is 0.147. The number of halogens is 2. The van der Waals surface area contributed by atoms with Crippen LogP contribution in [0.5, 0.6) is 5.75 Å². The van der Waals surface area contributed by atoms with Crippen molar-refractivity contribution in [2.45, 2.75) is 64.2 Å². The van der Waals surface area contributed by atoms with E-state index in [4.69, 9.17) is 9.26 Å². The zero-order valence-corrected chi connectivity index (χ0v) is 21.1. The van der Waals surface area contributed by atoms with E-state index >= 15 is 0 Å². The third-order valence-corrected chi connectivity index (χ3v) is 7.91. The van der Waals surface area contributed by atoms with E-state index in [0.717, 1.165) is 67.2 Å². The van der Waals surface area contributed by atoms with E-state index in [-0.39, 0.29) is 31.3 Å². The number of piperidine rings is 1. The van der Waals surface area contributed by atoms with Crippen molar-refractivity contribution in [2.24, 2.45) is 17.8 Å². The third-order valence-electron chi connectivity index (χ3n) is 7.91. The number of nitrogens with zero attached hydrogens (tertiary/aromatic N) is 4. The molecular formula is C27H36F2N4O3. The van der Waals surface area contributed by atoms with Crippen LogP contribution in [0.4, 0.5) is 14.8 Å². The van der Waals surface area contributed by atoms with Crippen LogP contribution in [0.15, 0.2) is 28.8 Å². The summed E-state index contributed by atoms with van der Waals surface area (Å²) in [6.45, 7) is 6.46. The van der Waals surface area contributed by atoms with Gasteiger partial charge in [0.25, 0.3) is 0 Å². The lowest BCUT2D eigenvalue weighted by atomic mass is 9.90. The van der Waals surface area contributed by atoms with E-state index < -0.39 is 12.3 Å². The van der Waals surface area contributed by atoms with E-state index in [0.29, 0.717) is 12.6 Å². The van der Waals surface area contributed by atoms with Crippen molar-refractivity contribution in [1.82, 2.24) is 15.0 Å². The maximum atomic E-state index is 13.3. The highest BCUT2D eigenvalue weighted by Crippen LogP contribution is 2.50. The molecule has 0 spiro atoms. The molecule has 7 nitrogen and oxygen atoms in total. The van der Waals surface area contributed by atoms with E-state index in [2.05, 4.69) is 28.9 Å². The number of aromatic nitrogens is 2. The van der Waals surface area contributed by atoms with E-state index in [9.17, 15) is 13.6 Å². The Morgan fingerprint density at radius 3 is 2.47 bits per heavy atom. The fourth-order valence-corrected chi connectivity index (χ4v) is 5.53. The van der Waals surface area contributed by atoms with Gasteiger partial charge in [0.1, 0.15) is 5.75 Å². The molecule has 3 fully saturated rings. The van der Waals surface area contributed by atoms with E-state index in [1.54, 1.807) is 0 Å². The Bertz CT molecular complexity index is 1010. The Morgan fingerprint density at radius 2 is 1.83 bits per heavy atom. The van der Waals surface area contributed by atoms with Gasteiger partial charge < -0.3 is 19.1 Å². The highest BCUT2D eigenvalue weighted by atomic mass is 19.2. The number of amides is 1. The summed E-state index contributed by atoms with van der Waals surface area (Å²) in [4.78, 5) is 20.3. The van der Waals surface area contributed by atoms with Gasteiger partial charge in [-0.15, -0.1) is 0 Å². The topological polar surface area (TPSA) is 71.7 Å². The molecule has 1 aromatic carbocycles. The van der Waals surface area contributed by atoms with Gasteiger partial charge >= 0.3 is 6.01 Å². The normalized spacial score (nSPS) is 26.6. The quantitative estimate of drug-likeness (QED) is 0.500. The molecular weight excluding hydrogens is 466 g/mol. The zero-order valence-electron chi connectivity index (χ0n) is 21.1. The number of hydrogen-bond donors (Lipinski definition) is 0. The van der Waals surface area contributed by atoms with Gasteiger partial charge in [-0.1, -0.05) is 31.1 Å². The van der Waals surface area contributed by atoms with Crippen LogP contribution in [0, 0.1) is 17.8 Å². The first-order valence-electron chi connectivity index (χ1n) is 13.2. The first-order valence-corrected chi connectivity index (χ1v) is 13.2. The molecule has 1 saturated carbocycles. The second kappa shape index (κ2) is 10.7. The highest BCUT2D eigenvalue weighted by Gasteiger charge is 2.43. The van der Waals surface area contributed by atoms with Crippen molar-refractivity contribution in [3.8, 4) is 5.75 Å². The van der Waals surface area contributed by atoms with Crippen molar-refractivity contribution in [2.75, 3.05) is 37.7 Å². The average Bonchev–Trinajstić information content (AvgIpc) is 3.30. The SMILES string of the molecule is CC(C)c1noc(N2CCC(C3CC3CCOc3ccc(CC(=O)N4CC(F)C(F)C4)cc3)CC2)n1. The van der Waals surface area contributed by atoms with Crippen LogP contribution < -0.4 is 9.64 Å². The standard InChI is InChI=1S/C27H36F2N4O3/c1-17(2)26-30-27(36-31-26)32-10-7-19(8-11-32)22-14-20(22)9-12-35-21-5-3-18(4-6-21)13-25(34)33-15-23(28)24(29)16-33/h3-6,17,19-20,22-24H,7-16H2,1-2H3. The number of likely N-dealkylation sites (tertiary alicyclic amines) is 1. The lowest BCUT2D eigenvalue weighted by Crippen LogP contribution is -2.34. The Kier molecular flexibility index (Phi) is 7.44. The Morgan fingerprint density at radius 1 is 1.14 bits per heavy atom. The summed E-state index contributed by atoms with van der Waals surface area (Å²) in [5.74, 6) is 3.86. The number of anilines is 1. The minimum Gasteiger partial charge on any atom is -0.494 e. The monoisotopic (exact) mass is 502 g/mol. The molecule has 2 saturated heterocycles.